The summed E-state index contributed by atoms with van der Waals surface area (Å²) in [6, 6.07) is 5.38. The van der Waals surface area contributed by atoms with Crippen LogP contribution in [0.3, 0.4) is 0 Å². The quantitative estimate of drug-likeness (QED) is 0.653. The molecule has 0 fully saturated rings. The maximum absolute atomic E-state index is 10.6. The molecule has 0 heterocycles. The number of anilines is 1. The zero-order chi connectivity index (χ0) is 15.0. The van der Waals surface area contributed by atoms with Crippen LogP contribution in [0.25, 0.3) is 0 Å². The van der Waals surface area contributed by atoms with E-state index >= 15 is 0 Å². The monoisotopic (exact) mass is 268 g/mol. The highest BCUT2D eigenvalue weighted by atomic mass is 16.4. The lowest BCUT2D eigenvalue weighted by atomic mass is 10.1. The van der Waals surface area contributed by atoms with Crippen molar-refractivity contribution in [3.8, 4) is 0 Å². The van der Waals surface area contributed by atoms with Crippen molar-refractivity contribution in [2.45, 2.75) is 26.8 Å². The molecule has 1 aromatic carbocycles. The van der Waals surface area contributed by atoms with E-state index in [1.807, 2.05) is 32.0 Å². The fourth-order valence-corrected chi connectivity index (χ4v) is 1.19. The van der Waals surface area contributed by atoms with Crippen molar-refractivity contribution < 1.29 is 19.8 Å². The van der Waals surface area contributed by atoms with Crippen LogP contribution in [-0.4, -0.2) is 34.7 Å². The number of aryl methyl sites for hydroxylation is 2. The first-order valence-corrected chi connectivity index (χ1v) is 5.76. The standard InChI is InChI=1S/C11H15NO2.C2H5NO2/c1-7-4-5-8(2)10(6-7)12-9(3)11(13)14;3-1-2(4)5/h4-6,9,12H,1-3H3,(H,13,14);1,3H2,(H,4,5)/t9-;/m0./s1. The van der Waals surface area contributed by atoms with Crippen molar-refractivity contribution in [1.82, 2.24) is 0 Å². The molecule has 0 aliphatic rings. The van der Waals surface area contributed by atoms with E-state index in [-0.39, 0.29) is 6.54 Å². The molecule has 0 saturated heterocycles. The van der Waals surface area contributed by atoms with Crippen molar-refractivity contribution in [2.24, 2.45) is 5.73 Å². The molecule has 0 spiro atoms. The van der Waals surface area contributed by atoms with Crippen LogP contribution in [0.1, 0.15) is 18.1 Å². The lowest BCUT2D eigenvalue weighted by molar-refractivity contribution is -0.137. The van der Waals surface area contributed by atoms with E-state index in [0.29, 0.717) is 0 Å². The zero-order valence-electron chi connectivity index (χ0n) is 11.3. The molecule has 6 nitrogen and oxygen atoms in total. The third kappa shape index (κ3) is 7.05. The van der Waals surface area contributed by atoms with Gasteiger partial charge in [0.2, 0.25) is 0 Å². The van der Waals surface area contributed by atoms with Crippen LogP contribution in [0.4, 0.5) is 5.69 Å². The highest BCUT2D eigenvalue weighted by molar-refractivity contribution is 5.77. The van der Waals surface area contributed by atoms with Gasteiger partial charge >= 0.3 is 11.9 Å². The van der Waals surface area contributed by atoms with Crippen LogP contribution in [0.5, 0.6) is 0 Å². The summed E-state index contributed by atoms with van der Waals surface area (Å²) in [5.74, 6) is -1.81. The molecule has 19 heavy (non-hydrogen) atoms. The van der Waals surface area contributed by atoms with Gasteiger partial charge < -0.3 is 21.3 Å². The Morgan fingerprint density at radius 2 is 1.84 bits per heavy atom. The van der Waals surface area contributed by atoms with E-state index in [4.69, 9.17) is 10.2 Å². The maximum atomic E-state index is 10.6. The van der Waals surface area contributed by atoms with Crippen LogP contribution < -0.4 is 11.1 Å². The molecule has 5 N–H and O–H groups in total. The Hall–Kier alpha value is -2.08. The minimum Gasteiger partial charge on any atom is -0.480 e. The number of nitrogens with two attached hydrogens (primary N) is 1. The summed E-state index contributed by atoms with van der Waals surface area (Å²) < 4.78 is 0. The lowest BCUT2D eigenvalue weighted by Gasteiger charge is -2.13. The van der Waals surface area contributed by atoms with Gasteiger partial charge in [-0.3, -0.25) is 9.59 Å². The van der Waals surface area contributed by atoms with Gasteiger partial charge in [-0.15, -0.1) is 0 Å². The molecule has 106 valence electrons. The SMILES string of the molecule is Cc1ccc(C)c(N[C@@H](C)C(=O)O)c1.NCC(=O)O. The molecule has 6 heteroatoms. The molecule has 1 rings (SSSR count). The van der Waals surface area contributed by atoms with Crippen molar-refractivity contribution >= 4 is 17.6 Å². The summed E-state index contributed by atoms with van der Waals surface area (Å²) in [5, 5.41) is 19.3. The second-order valence-corrected chi connectivity index (χ2v) is 4.12. The summed E-state index contributed by atoms with van der Waals surface area (Å²) in [4.78, 5) is 19.9. The lowest BCUT2D eigenvalue weighted by Crippen LogP contribution is -2.25. The number of carbonyl (C=O) groups is 2. The van der Waals surface area contributed by atoms with Crippen molar-refractivity contribution in [3.63, 3.8) is 0 Å². The molecule has 0 aliphatic carbocycles. The van der Waals surface area contributed by atoms with Gasteiger partial charge in [0.15, 0.2) is 0 Å². The molecule has 0 unspecified atom stereocenters. The average molecular weight is 268 g/mol. The Balaban J connectivity index is 0.000000555. The summed E-state index contributed by atoms with van der Waals surface area (Å²) >= 11 is 0. The molecular formula is C13H20N2O4. The van der Waals surface area contributed by atoms with Crippen molar-refractivity contribution in [3.05, 3.63) is 29.3 Å². The molecule has 1 aromatic rings. The fraction of sp³-hybridized carbons (Fsp3) is 0.385. The van der Waals surface area contributed by atoms with Gasteiger partial charge in [0.25, 0.3) is 0 Å². The predicted molar refractivity (Wildman–Crippen MR) is 73.3 cm³/mol. The summed E-state index contributed by atoms with van der Waals surface area (Å²) in [6.07, 6.45) is 0. The van der Waals surface area contributed by atoms with E-state index < -0.39 is 18.0 Å². The molecule has 1 atom stereocenters. The number of nitrogens with one attached hydrogen (secondary N) is 1. The van der Waals surface area contributed by atoms with Crippen molar-refractivity contribution in [2.75, 3.05) is 11.9 Å². The summed E-state index contributed by atoms with van der Waals surface area (Å²) in [7, 11) is 0. The number of aliphatic carboxylic acids is 2. The van der Waals surface area contributed by atoms with Crippen LogP contribution in [-0.2, 0) is 9.59 Å². The highest BCUT2D eigenvalue weighted by Crippen LogP contribution is 2.17. The van der Waals surface area contributed by atoms with Gasteiger partial charge in [-0.25, -0.2) is 0 Å². The van der Waals surface area contributed by atoms with E-state index in [1.165, 1.54) is 0 Å². The van der Waals surface area contributed by atoms with Gasteiger partial charge in [0.1, 0.15) is 6.04 Å². The van der Waals surface area contributed by atoms with E-state index in [1.54, 1.807) is 6.92 Å². The first kappa shape index (κ1) is 16.9. The molecule has 0 aliphatic heterocycles. The van der Waals surface area contributed by atoms with E-state index in [9.17, 15) is 9.59 Å². The Morgan fingerprint density at radius 1 is 1.32 bits per heavy atom. The van der Waals surface area contributed by atoms with Gasteiger partial charge in [0.05, 0.1) is 6.54 Å². The molecule has 0 amide bonds. The highest BCUT2D eigenvalue weighted by Gasteiger charge is 2.10. The topological polar surface area (TPSA) is 113 Å². The Labute approximate surface area is 112 Å². The van der Waals surface area contributed by atoms with Crippen molar-refractivity contribution in [1.29, 1.82) is 0 Å². The summed E-state index contributed by atoms with van der Waals surface area (Å²) in [6.45, 7) is 5.29. The molecule has 0 saturated carbocycles. The third-order valence-electron chi connectivity index (χ3n) is 2.31. The van der Waals surface area contributed by atoms with Crippen LogP contribution in [0.2, 0.25) is 0 Å². The van der Waals surface area contributed by atoms with E-state index in [0.717, 1.165) is 16.8 Å². The minimum atomic E-state index is -0.968. The first-order valence-electron chi connectivity index (χ1n) is 5.76. The molecular weight excluding hydrogens is 248 g/mol. The Morgan fingerprint density at radius 3 is 2.26 bits per heavy atom. The normalized spacial score (nSPS) is 10.9. The second-order valence-electron chi connectivity index (χ2n) is 4.12. The van der Waals surface area contributed by atoms with Gasteiger partial charge in [0, 0.05) is 5.69 Å². The van der Waals surface area contributed by atoms with E-state index in [2.05, 4.69) is 11.1 Å². The molecule has 0 bridgehead atoms. The Kier molecular flexibility index (Phi) is 7.21. The smallest absolute Gasteiger partial charge is 0.325 e. The number of carboxylic acid groups (broad SMARTS) is 2. The van der Waals surface area contributed by atoms with Crippen LogP contribution in [0.15, 0.2) is 18.2 Å². The predicted octanol–water partition coefficient (Wildman–Crippen LogP) is 1.22. The van der Waals surface area contributed by atoms with Crippen LogP contribution in [0, 0.1) is 13.8 Å². The average Bonchev–Trinajstić information content (AvgIpc) is 2.34. The zero-order valence-corrected chi connectivity index (χ0v) is 11.3. The summed E-state index contributed by atoms with van der Waals surface area (Å²) in [5.41, 5.74) is 7.64. The first-order chi connectivity index (χ1) is 8.77. The number of rotatable bonds is 4. The number of hydrogen-bond donors (Lipinski definition) is 4. The molecule has 0 aromatic heterocycles. The fourth-order valence-electron chi connectivity index (χ4n) is 1.19. The van der Waals surface area contributed by atoms with Gasteiger partial charge in [-0.2, -0.15) is 0 Å². The second kappa shape index (κ2) is 8.10. The van der Waals surface area contributed by atoms with Gasteiger partial charge in [-0.05, 0) is 38.0 Å². The number of carboxylic acids is 2. The Bertz CT molecular complexity index is 446. The number of benzene rings is 1. The minimum absolute atomic E-state index is 0.278. The third-order valence-corrected chi connectivity index (χ3v) is 2.31. The molecule has 0 radical (unpaired) electrons. The number of hydrogen-bond acceptors (Lipinski definition) is 4. The largest absolute Gasteiger partial charge is 0.480 e. The van der Waals surface area contributed by atoms with Crippen LogP contribution >= 0.6 is 0 Å². The van der Waals surface area contributed by atoms with Gasteiger partial charge in [-0.1, -0.05) is 12.1 Å². The maximum Gasteiger partial charge on any atom is 0.325 e.